The first-order chi connectivity index (χ1) is 12.0. The average molecular weight is 343 g/mol. The maximum atomic E-state index is 12.4. The summed E-state index contributed by atoms with van der Waals surface area (Å²) in [7, 11) is 0. The maximum Gasteiger partial charge on any atom is 0.266 e. The van der Waals surface area contributed by atoms with Gasteiger partial charge in [-0.1, -0.05) is 0 Å². The van der Waals surface area contributed by atoms with Crippen LogP contribution in [-0.4, -0.2) is 32.6 Å². The number of carbonyl (C=O) groups excluding carboxylic acids is 1. The number of H-pyrrole nitrogens is 1. The molecule has 2 aromatic heterocycles. The summed E-state index contributed by atoms with van der Waals surface area (Å²) in [6, 6.07) is 2.70. The third kappa shape index (κ3) is 3.20. The molecule has 2 saturated heterocycles. The number of rotatable bonds is 4. The van der Waals surface area contributed by atoms with Gasteiger partial charge in [-0.05, 0) is 45.4 Å². The number of carbonyl (C=O) groups is 1. The van der Waals surface area contributed by atoms with E-state index in [1.54, 1.807) is 4.52 Å². The van der Waals surface area contributed by atoms with Crippen LogP contribution < -0.4 is 16.2 Å². The van der Waals surface area contributed by atoms with Crippen LogP contribution in [0.1, 0.15) is 49.1 Å². The summed E-state index contributed by atoms with van der Waals surface area (Å²) in [6.07, 6.45) is 5.33. The molecule has 2 aliphatic rings. The fourth-order valence-corrected chi connectivity index (χ4v) is 4.47. The molecule has 1 amide bonds. The standard InChI is InChI=1S/C18H25N5O2/c1-10-15(11(2)23-16(20-10)8-18(25)22-23)9-19-17(24)7-12-5-13-3-4-14(6-12)21-13/h8,12-14,21H,3-7,9H2,1-2H3,(H,19,24)(H,22,25). The summed E-state index contributed by atoms with van der Waals surface area (Å²) in [4.78, 5) is 28.4. The van der Waals surface area contributed by atoms with Gasteiger partial charge in [0.2, 0.25) is 5.91 Å². The molecule has 0 radical (unpaired) electrons. The van der Waals surface area contributed by atoms with Crippen LogP contribution in [-0.2, 0) is 11.3 Å². The Morgan fingerprint density at radius 3 is 2.76 bits per heavy atom. The minimum absolute atomic E-state index is 0.103. The number of aromatic nitrogens is 3. The molecule has 0 saturated carbocycles. The number of piperidine rings is 1. The van der Waals surface area contributed by atoms with Crippen molar-refractivity contribution < 1.29 is 4.79 Å². The summed E-state index contributed by atoms with van der Waals surface area (Å²) < 4.78 is 1.68. The van der Waals surface area contributed by atoms with Crippen LogP contribution >= 0.6 is 0 Å². The lowest BCUT2D eigenvalue weighted by atomic mass is 9.89. The molecule has 7 nitrogen and oxygen atoms in total. The Bertz CT molecular complexity index is 856. The number of hydrogen-bond acceptors (Lipinski definition) is 4. The number of nitrogens with one attached hydrogen (secondary N) is 3. The fraction of sp³-hybridized carbons (Fsp3) is 0.611. The first-order valence-electron chi connectivity index (χ1n) is 9.10. The Hall–Kier alpha value is -2.15. The number of aromatic amines is 1. The predicted molar refractivity (Wildman–Crippen MR) is 94.4 cm³/mol. The van der Waals surface area contributed by atoms with Gasteiger partial charge in [0.15, 0.2) is 5.65 Å². The Labute approximate surface area is 146 Å². The van der Waals surface area contributed by atoms with Crippen LogP contribution in [0.25, 0.3) is 5.65 Å². The van der Waals surface area contributed by atoms with Gasteiger partial charge in [0, 0.05) is 48.1 Å². The molecule has 7 heteroatoms. The third-order valence-electron chi connectivity index (χ3n) is 5.71. The molecule has 4 rings (SSSR count). The topological polar surface area (TPSA) is 91.3 Å². The zero-order chi connectivity index (χ0) is 17.6. The van der Waals surface area contributed by atoms with Crippen molar-refractivity contribution in [2.24, 2.45) is 5.92 Å². The highest BCUT2D eigenvalue weighted by molar-refractivity contribution is 5.76. The molecule has 3 N–H and O–H groups in total. The van der Waals surface area contributed by atoms with Crippen molar-refractivity contribution in [2.45, 2.75) is 64.6 Å². The van der Waals surface area contributed by atoms with Crippen LogP contribution in [0, 0.1) is 19.8 Å². The van der Waals surface area contributed by atoms with E-state index in [4.69, 9.17) is 0 Å². The Balaban J connectivity index is 1.41. The molecule has 2 atom stereocenters. The SMILES string of the molecule is Cc1nc2cc(=O)[nH]n2c(C)c1CNC(=O)CC1CC2CCC(C1)N2. The van der Waals surface area contributed by atoms with Crippen molar-refractivity contribution >= 4 is 11.6 Å². The summed E-state index contributed by atoms with van der Waals surface area (Å²) in [6.45, 7) is 4.29. The number of nitrogens with zero attached hydrogens (tertiary/aromatic N) is 2. The van der Waals surface area contributed by atoms with Crippen LogP contribution in [0.5, 0.6) is 0 Å². The number of hydrogen-bond donors (Lipinski definition) is 3. The highest BCUT2D eigenvalue weighted by Gasteiger charge is 2.34. The number of aryl methyl sites for hydroxylation is 2. The van der Waals surface area contributed by atoms with E-state index in [9.17, 15) is 9.59 Å². The van der Waals surface area contributed by atoms with E-state index in [2.05, 4.69) is 20.7 Å². The second-order valence-electron chi connectivity index (χ2n) is 7.53. The minimum atomic E-state index is -0.170. The average Bonchev–Trinajstić information content (AvgIpc) is 3.09. The van der Waals surface area contributed by atoms with Gasteiger partial charge in [0.1, 0.15) is 0 Å². The Morgan fingerprint density at radius 2 is 2.04 bits per heavy atom. The molecule has 0 aliphatic carbocycles. The van der Waals surface area contributed by atoms with Gasteiger partial charge in [0.05, 0.1) is 0 Å². The van der Waals surface area contributed by atoms with E-state index < -0.39 is 0 Å². The summed E-state index contributed by atoms with van der Waals surface area (Å²) in [5.41, 5.74) is 3.15. The predicted octanol–water partition coefficient (Wildman–Crippen LogP) is 1.18. The first kappa shape index (κ1) is 16.3. The van der Waals surface area contributed by atoms with E-state index >= 15 is 0 Å². The van der Waals surface area contributed by atoms with Crippen molar-refractivity contribution in [1.82, 2.24) is 25.2 Å². The van der Waals surface area contributed by atoms with E-state index in [0.717, 1.165) is 29.8 Å². The highest BCUT2D eigenvalue weighted by atomic mass is 16.1. The zero-order valence-corrected chi connectivity index (χ0v) is 14.8. The molecule has 2 unspecified atom stereocenters. The molecule has 0 aromatic carbocycles. The quantitative estimate of drug-likeness (QED) is 0.777. The summed E-state index contributed by atoms with van der Waals surface area (Å²) >= 11 is 0. The van der Waals surface area contributed by atoms with Crippen molar-refractivity contribution in [2.75, 3.05) is 0 Å². The van der Waals surface area contributed by atoms with Crippen molar-refractivity contribution in [3.05, 3.63) is 33.4 Å². The zero-order valence-electron chi connectivity index (χ0n) is 14.8. The molecule has 4 heterocycles. The van der Waals surface area contributed by atoms with Crippen molar-refractivity contribution in [1.29, 1.82) is 0 Å². The normalized spacial score (nSPS) is 25.4. The second kappa shape index (κ2) is 6.29. The first-order valence-corrected chi connectivity index (χ1v) is 9.10. The van der Waals surface area contributed by atoms with E-state index in [-0.39, 0.29) is 11.5 Å². The fourth-order valence-electron chi connectivity index (χ4n) is 4.47. The van der Waals surface area contributed by atoms with Gasteiger partial charge in [-0.25, -0.2) is 9.50 Å². The van der Waals surface area contributed by atoms with E-state index in [1.807, 2.05) is 13.8 Å². The Kier molecular flexibility index (Phi) is 4.11. The van der Waals surface area contributed by atoms with Gasteiger partial charge in [-0.2, -0.15) is 0 Å². The monoisotopic (exact) mass is 343 g/mol. The summed E-state index contributed by atoms with van der Waals surface area (Å²) in [5.74, 6) is 0.591. The lowest BCUT2D eigenvalue weighted by Crippen LogP contribution is -2.39. The van der Waals surface area contributed by atoms with Crippen molar-refractivity contribution in [3.63, 3.8) is 0 Å². The van der Waals surface area contributed by atoms with Crippen LogP contribution in [0.3, 0.4) is 0 Å². The minimum Gasteiger partial charge on any atom is -0.352 e. The molecule has 2 fully saturated rings. The number of amides is 1. The molecule has 2 aliphatic heterocycles. The van der Waals surface area contributed by atoms with Gasteiger partial charge >= 0.3 is 0 Å². The van der Waals surface area contributed by atoms with E-state index in [0.29, 0.717) is 36.6 Å². The molecule has 134 valence electrons. The van der Waals surface area contributed by atoms with E-state index in [1.165, 1.54) is 18.9 Å². The Morgan fingerprint density at radius 1 is 1.32 bits per heavy atom. The summed E-state index contributed by atoms with van der Waals surface area (Å²) in [5, 5.41) is 9.40. The van der Waals surface area contributed by atoms with Gasteiger partial charge in [-0.3, -0.25) is 14.7 Å². The van der Waals surface area contributed by atoms with Crippen molar-refractivity contribution in [3.8, 4) is 0 Å². The highest BCUT2D eigenvalue weighted by Crippen LogP contribution is 2.32. The molecular weight excluding hydrogens is 318 g/mol. The van der Waals surface area contributed by atoms with Crippen LogP contribution in [0.2, 0.25) is 0 Å². The molecule has 25 heavy (non-hydrogen) atoms. The van der Waals surface area contributed by atoms with Gasteiger partial charge in [-0.15, -0.1) is 0 Å². The smallest absolute Gasteiger partial charge is 0.266 e. The van der Waals surface area contributed by atoms with Gasteiger partial charge < -0.3 is 10.6 Å². The maximum absolute atomic E-state index is 12.4. The van der Waals surface area contributed by atoms with Gasteiger partial charge in [0.25, 0.3) is 5.56 Å². The third-order valence-corrected chi connectivity index (χ3v) is 5.71. The number of fused-ring (bicyclic) bond motifs is 3. The lowest BCUT2D eigenvalue weighted by molar-refractivity contribution is -0.122. The molecular formula is C18H25N5O2. The lowest BCUT2D eigenvalue weighted by Gasteiger charge is -2.28. The molecule has 2 bridgehead atoms. The largest absolute Gasteiger partial charge is 0.352 e. The second-order valence-corrected chi connectivity index (χ2v) is 7.53. The van der Waals surface area contributed by atoms with Crippen LogP contribution in [0.15, 0.2) is 10.9 Å². The molecule has 0 spiro atoms. The molecule has 2 aromatic rings. The van der Waals surface area contributed by atoms with Crippen LogP contribution in [0.4, 0.5) is 0 Å².